The number of benzene rings is 2. The summed E-state index contributed by atoms with van der Waals surface area (Å²) in [4.78, 5) is 0. The maximum atomic E-state index is 10.2. The number of rotatable bonds is 2. The number of halogens is 2. The third kappa shape index (κ3) is 2.87. The lowest BCUT2D eigenvalue weighted by Gasteiger charge is -2.56. The van der Waals surface area contributed by atoms with Crippen LogP contribution in [0.25, 0.3) is 0 Å². The van der Waals surface area contributed by atoms with Gasteiger partial charge in [0.15, 0.2) is 0 Å². The lowest BCUT2D eigenvalue weighted by Crippen LogP contribution is -2.62. The Hall–Kier alpha value is -1.78. The first-order valence-corrected chi connectivity index (χ1v) is 11.2. The maximum Gasteiger partial charge on any atom is 0.255 e. The van der Waals surface area contributed by atoms with Crippen LogP contribution in [0.3, 0.4) is 0 Å². The van der Waals surface area contributed by atoms with E-state index in [9.17, 15) is 10.2 Å². The van der Waals surface area contributed by atoms with E-state index in [0.717, 1.165) is 24.0 Å². The highest BCUT2D eigenvalue weighted by atomic mass is 35.5. The van der Waals surface area contributed by atoms with E-state index in [0.29, 0.717) is 17.9 Å². The van der Waals surface area contributed by atoms with Crippen LogP contribution in [-0.4, -0.2) is 16.0 Å². The molecule has 2 N–H and O–H groups in total. The van der Waals surface area contributed by atoms with Crippen molar-refractivity contribution in [3.63, 3.8) is 0 Å². The van der Waals surface area contributed by atoms with Gasteiger partial charge in [0.1, 0.15) is 23.0 Å². The Kier molecular flexibility index (Phi) is 4.91. The zero-order chi connectivity index (χ0) is 22.1. The van der Waals surface area contributed by atoms with Crippen molar-refractivity contribution in [2.75, 3.05) is 0 Å². The van der Waals surface area contributed by atoms with Crippen LogP contribution in [0, 0.1) is 5.92 Å². The highest BCUT2D eigenvalue weighted by Gasteiger charge is 2.59. The van der Waals surface area contributed by atoms with Gasteiger partial charge in [0.25, 0.3) is 5.79 Å². The number of fused-ring (bicyclic) bond motifs is 2. The van der Waals surface area contributed by atoms with E-state index in [1.807, 2.05) is 0 Å². The van der Waals surface area contributed by atoms with Crippen molar-refractivity contribution < 1.29 is 19.7 Å². The molecule has 2 aliphatic heterocycles. The van der Waals surface area contributed by atoms with Gasteiger partial charge in [-0.3, -0.25) is 0 Å². The highest BCUT2D eigenvalue weighted by Crippen LogP contribution is 2.59. The fourth-order valence-electron chi connectivity index (χ4n) is 5.14. The highest BCUT2D eigenvalue weighted by molar-refractivity contribution is 6.32. The van der Waals surface area contributed by atoms with Gasteiger partial charge < -0.3 is 19.7 Å². The van der Waals surface area contributed by atoms with Crippen molar-refractivity contribution in [2.24, 2.45) is 5.92 Å². The summed E-state index contributed by atoms with van der Waals surface area (Å²) in [6, 6.07) is 6.79. The van der Waals surface area contributed by atoms with Gasteiger partial charge in [0.05, 0.1) is 10.0 Å². The molecule has 2 aliphatic rings. The van der Waals surface area contributed by atoms with Crippen LogP contribution in [0.5, 0.6) is 23.0 Å². The number of ether oxygens (including phenoxy) is 2. The van der Waals surface area contributed by atoms with Gasteiger partial charge in [0, 0.05) is 46.4 Å². The summed E-state index contributed by atoms with van der Waals surface area (Å²) >= 11 is 12.5. The van der Waals surface area contributed by atoms with E-state index in [1.165, 1.54) is 0 Å². The molecule has 0 aromatic heterocycles. The normalized spacial score (nSPS) is 32.2. The lowest BCUT2D eigenvalue weighted by atomic mass is 9.61. The molecule has 162 valence electrons. The van der Waals surface area contributed by atoms with E-state index in [-0.39, 0.29) is 38.3 Å². The summed E-state index contributed by atoms with van der Waals surface area (Å²) in [5.74, 6) is 0.403. The molecule has 6 heteroatoms. The molecular formula is C24H28Cl2O4. The summed E-state index contributed by atoms with van der Waals surface area (Å²) in [6.45, 7) is 10.8. The van der Waals surface area contributed by atoms with Crippen molar-refractivity contribution in [3.05, 3.63) is 45.4 Å². The molecule has 4 rings (SSSR count). The molecule has 4 unspecified atom stereocenters. The second-order valence-electron chi connectivity index (χ2n) is 9.20. The summed E-state index contributed by atoms with van der Waals surface area (Å²) in [7, 11) is 0. The zero-order valence-corrected chi connectivity index (χ0v) is 19.5. The molecule has 1 spiro atoms. The molecular weight excluding hydrogens is 423 g/mol. The quantitative estimate of drug-likeness (QED) is 0.519. The molecule has 0 bridgehead atoms. The third-order valence-electron chi connectivity index (χ3n) is 7.70. The topological polar surface area (TPSA) is 58.9 Å². The van der Waals surface area contributed by atoms with Crippen molar-refractivity contribution in [3.8, 4) is 23.0 Å². The van der Waals surface area contributed by atoms with E-state index in [4.69, 9.17) is 32.7 Å². The van der Waals surface area contributed by atoms with Crippen LogP contribution in [0.2, 0.25) is 10.0 Å². The molecule has 4 nitrogen and oxygen atoms in total. The van der Waals surface area contributed by atoms with Gasteiger partial charge >= 0.3 is 0 Å². The Morgan fingerprint density at radius 2 is 1.40 bits per heavy atom. The van der Waals surface area contributed by atoms with Gasteiger partial charge in [-0.2, -0.15) is 0 Å². The Morgan fingerprint density at radius 1 is 0.900 bits per heavy atom. The predicted octanol–water partition coefficient (Wildman–Crippen LogP) is 6.95. The van der Waals surface area contributed by atoms with Gasteiger partial charge in [-0.15, -0.1) is 0 Å². The number of phenolic OH excluding ortho intramolecular Hbond substituents is 2. The molecule has 2 aromatic rings. The first kappa shape index (κ1) is 21.5. The summed E-state index contributed by atoms with van der Waals surface area (Å²) in [6.07, 6.45) is 2.29. The Labute approximate surface area is 187 Å². The molecule has 2 heterocycles. The van der Waals surface area contributed by atoms with Gasteiger partial charge in [0.2, 0.25) is 0 Å². The molecule has 2 aromatic carbocycles. The average molecular weight is 451 g/mol. The SMILES string of the molecule is CCC1(C)CC2(Oc3cc(Cl)c(O)cc31)Oc1cc(Cl)c(O)cc1C(C)(CC)C2C. The molecule has 0 aliphatic carbocycles. The number of hydrogen-bond donors (Lipinski definition) is 2. The number of aromatic hydroxyl groups is 2. The van der Waals surface area contributed by atoms with Crippen LogP contribution in [0.1, 0.15) is 65.0 Å². The largest absolute Gasteiger partial charge is 0.506 e. The monoisotopic (exact) mass is 450 g/mol. The Morgan fingerprint density at radius 3 is 1.90 bits per heavy atom. The minimum Gasteiger partial charge on any atom is -0.506 e. The maximum absolute atomic E-state index is 10.2. The second-order valence-corrected chi connectivity index (χ2v) is 10.0. The van der Waals surface area contributed by atoms with E-state index >= 15 is 0 Å². The van der Waals surface area contributed by atoms with Gasteiger partial charge in [-0.05, 0) is 25.0 Å². The Bertz CT molecular complexity index is 1020. The molecule has 4 atom stereocenters. The van der Waals surface area contributed by atoms with Gasteiger partial charge in [-0.25, -0.2) is 0 Å². The molecule has 0 radical (unpaired) electrons. The van der Waals surface area contributed by atoms with E-state index < -0.39 is 5.79 Å². The van der Waals surface area contributed by atoms with Crippen LogP contribution in [0.4, 0.5) is 0 Å². The first-order chi connectivity index (χ1) is 14.0. The summed E-state index contributed by atoms with van der Waals surface area (Å²) in [5.41, 5.74) is 1.28. The van der Waals surface area contributed by atoms with Crippen LogP contribution < -0.4 is 9.47 Å². The number of hydrogen-bond acceptors (Lipinski definition) is 4. The molecule has 0 saturated heterocycles. The third-order valence-corrected chi connectivity index (χ3v) is 8.30. The second kappa shape index (κ2) is 6.86. The standard InChI is InChI=1S/C24H28Cl2O4/c1-6-22(4)12-24(29-20-10-16(25)18(27)8-14(20)22)13(3)23(5,7-2)15-9-19(28)17(26)11-21(15)30-24/h8-11,13,27-28H,6-7,12H2,1-5H3. The van der Waals surface area contributed by atoms with Crippen molar-refractivity contribution in [2.45, 2.75) is 70.5 Å². The van der Waals surface area contributed by atoms with Crippen molar-refractivity contribution in [1.29, 1.82) is 0 Å². The van der Waals surface area contributed by atoms with Crippen LogP contribution >= 0.6 is 23.2 Å². The molecule has 30 heavy (non-hydrogen) atoms. The van der Waals surface area contributed by atoms with Gasteiger partial charge in [-0.1, -0.05) is 57.8 Å². The predicted molar refractivity (Wildman–Crippen MR) is 119 cm³/mol. The molecule has 0 fully saturated rings. The molecule has 0 saturated carbocycles. The fourth-order valence-corrected chi connectivity index (χ4v) is 5.45. The minimum absolute atomic E-state index is 0.0327. The van der Waals surface area contributed by atoms with E-state index in [1.54, 1.807) is 24.3 Å². The zero-order valence-electron chi connectivity index (χ0n) is 18.0. The minimum atomic E-state index is -0.934. The molecule has 0 amide bonds. The Balaban J connectivity index is 1.94. The number of phenols is 2. The van der Waals surface area contributed by atoms with Crippen LogP contribution in [0.15, 0.2) is 24.3 Å². The lowest BCUT2D eigenvalue weighted by molar-refractivity contribution is -0.205. The van der Waals surface area contributed by atoms with Crippen molar-refractivity contribution >= 4 is 23.2 Å². The summed E-state index contributed by atoms with van der Waals surface area (Å²) < 4.78 is 13.2. The smallest absolute Gasteiger partial charge is 0.255 e. The first-order valence-electron chi connectivity index (χ1n) is 10.4. The van der Waals surface area contributed by atoms with Crippen LogP contribution in [-0.2, 0) is 10.8 Å². The van der Waals surface area contributed by atoms with Crippen molar-refractivity contribution in [1.82, 2.24) is 0 Å². The summed E-state index contributed by atoms with van der Waals surface area (Å²) in [5, 5.41) is 20.9. The average Bonchev–Trinajstić information content (AvgIpc) is 2.70. The fraction of sp³-hybridized carbons (Fsp3) is 0.500. The van der Waals surface area contributed by atoms with E-state index in [2.05, 4.69) is 34.6 Å².